The molecule has 0 bridgehead atoms. The minimum atomic E-state index is 0.182. The van der Waals surface area contributed by atoms with E-state index in [1.807, 2.05) is 6.92 Å². The molecule has 0 radical (unpaired) electrons. The maximum atomic E-state index is 9.04. The average Bonchev–Trinajstić information content (AvgIpc) is 2.33. The summed E-state index contributed by atoms with van der Waals surface area (Å²) in [5.74, 6) is 0.573. The second kappa shape index (κ2) is 8.86. The first-order valence-corrected chi connectivity index (χ1v) is 7.25. The SMILES string of the molecule is CCCC(CCO)CNC1CC(OCC)C1OC. The Labute approximate surface area is 111 Å². The highest BCUT2D eigenvalue weighted by Gasteiger charge is 2.41. The molecule has 1 fully saturated rings. The molecule has 18 heavy (non-hydrogen) atoms. The van der Waals surface area contributed by atoms with E-state index in [0.29, 0.717) is 12.0 Å². The summed E-state index contributed by atoms with van der Waals surface area (Å²) >= 11 is 0. The van der Waals surface area contributed by atoms with Gasteiger partial charge >= 0.3 is 0 Å². The van der Waals surface area contributed by atoms with E-state index in [9.17, 15) is 0 Å². The van der Waals surface area contributed by atoms with Gasteiger partial charge in [0, 0.05) is 26.4 Å². The van der Waals surface area contributed by atoms with E-state index in [1.165, 1.54) is 12.8 Å². The molecule has 0 spiro atoms. The number of hydrogen-bond acceptors (Lipinski definition) is 4. The van der Waals surface area contributed by atoms with Crippen LogP contribution in [0.4, 0.5) is 0 Å². The van der Waals surface area contributed by atoms with Crippen LogP contribution in [0.5, 0.6) is 0 Å². The lowest BCUT2D eigenvalue weighted by Crippen LogP contribution is -2.60. The fraction of sp³-hybridized carbons (Fsp3) is 1.00. The van der Waals surface area contributed by atoms with Gasteiger partial charge < -0.3 is 19.9 Å². The first-order chi connectivity index (χ1) is 8.76. The van der Waals surface area contributed by atoms with Crippen molar-refractivity contribution in [1.29, 1.82) is 0 Å². The zero-order valence-corrected chi connectivity index (χ0v) is 12.0. The molecule has 1 aliphatic rings. The number of aliphatic hydroxyl groups is 1. The number of nitrogens with one attached hydrogen (secondary N) is 1. The third kappa shape index (κ3) is 4.50. The second-order valence-electron chi connectivity index (χ2n) is 5.11. The zero-order chi connectivity index (χ0) is 13.4. The summed E-state index contributed by atoms with van der Waals surface area (Å²) in [6, 6.07) is 0.407. The lowest BCUT2D eigenvalue weighted by Gasteiger charge is -2.44. The summed E-state index contributed by atoms with van der Waals surface area (Å²) in [5.41, 5.74) is 0. The third-order valence-corrected chi connectivity index (χ3v) is 3.81. The summed E-state index contributed by atoms with van der Waals surface area (Å²) in [6.45, 7) is 6.22. The van der Waals surface area contributed by atoms with Crippen LogP contribution in [0, 0.1) is 5.92 Å². The van der Waals surface area contributed by atoms with Gasteiger partial charge in [-0.1, -0.05) is 13.3 Å². The maximum Gasteiger partial charge on any atom is 0.0986 e. The maximum absolute atomic E-state index is 9.04. The number of ether oxygens (including phenoxy) is 2. The molecule has 0 aromatic carbocycles. The van der Waals surface area contributed by atoms with Crippen molar-refractivity contribution in [1.82, 2.24) is 5.32 Å². The Hall–Kier alpha value is -0.160. The Morgan fingerprint density at radius 2 is 2.11 bits per heavy atom. The summed E-state index contributed by atoms with van der Waals surface area (Å²) < 4.78 is 11.1. The molecule has 1 aliphatic carbocycles. The predicted molar refractivity (Wildman–Crippen MR) is 72.7 cm³/mol. The zero-order valence-electron chi connectivity index (χ0n) is 12.0. The lowest BCUT2D eigenvalue weighted by molar-refractivity contribution is -0.131. The minimum Gasteiger partial charge on any atom is -0.396 e. The van der Waals surface area contributed by atoms with E-state index >= 15 is 0 Å². The van der Waals surface area contributed by atoms with Crippen molar-refractivity contribution in [3.05, 3.63) is 0 Å². The molecule has 0 amide bonds. The molecule has 108 valence electrons. The Morgan fingerprint density at radius 1 is 1.33 bits per heavy atom. The first kappa shape index (κ1) is 15.9. The van der Waals surface area contributed by atoms with Crippen molar-refractivity contribution in [2.75, 3.05) is 26.9 Å². The average molecular weight is 259 g/mol. The van der Waals surface area contributed by atoms with Crippen LogP contribution < -0.4 is 5.32 Å². The van der Waals surface area contributed by atoms with Gasteiger partial charge in [-0.2, -0.15) is 0 Å². The molecule has 4 atom stereocenters. The molecule has 0 aromatic rings. The van der Waals surface area contributed by atoms with Crippen LogP contribution >= 0.6 is 0 Å². The van der Waals surface area contributed by atoms with E-state index in [1.54, 1.807) is 7.11 Å². The van der Waals surface area contributed by atoms with Gasteiger partial charge in [-0.05, 0) is 38.6 Å². The molecule has 4 unspecified atom stereocenters. The number of aliphatic hydroxyl groups excluding tert-OH is 1. The molecule has 0 aromatic heterocycles. The van der Waals surface area contributed by atoms with Crippen molar-refractivity contribution >= 4 is 0 Å². The van der Waals surface area contributed by atoms with Gasteiger partial charge in [0.15, 0.2) is 0 Å². The molecule has 4 nitrogen and oxygen atoms in total. The van der Waals surface area contributed by atoms with Crippen molar-refractivity contribution in [2.24, 2.45) is 5.92 Å². The highest BCUT2D eigenvalue weighted by Crippen LogP contribution is 2.27. The normalized spacial score (nSPS) is 29.0. The van der Waals surface area contributed by atoms with Crippen molar-refractivity contribution in [3.8, 4) is 0 Å². The number of methoxy groups -OCH3 is 1. The molecule has 1 rings (SSSR count). The molecule has 0 aliphatic heterocycles. The monoisotopic (exact) mass is 259 g/mol. The topological polar surface area (TPSA) is 50.7 Å². The Balaban J connectivity index is 2.26. The Kier molecular flexibility index (Phi) is 7.82. The molecule has 0 heterocycles. The Bertz CT molecular complexity index is 207. The molecule has 4 heteroatoms. The van der Waals surface area contributed by atoms with E-state index in [-0.39, 0.29) is 18.8 Å². The van der Waals surface area contributed by atoms with E-state index < -0.39 is 0 Å². The van der Waals surface area contributed by atoms with Crippen molar-refractivity contribution in [3.63, 3.8) is 0 Å². The fourth-order valence-electron chi connectivity index (χ4n) is 2.73. The fourth-order valence-corrected chi connectivity index (χ4v) is 2.73. The van der Waals surface area contributed by atoms with Crippen molar-refractivity contribution in [2.45, 2.75) is 57.8 Å². The van der Waals surface area contributed by atoms with Gasteiger partial charge in [0.2, 0.25) is 0 Å². The van der Waals surface area contributed by atoms with Crippen LogP contribution in [-0.4, -0.2) is 50.2 Å². The quantitative estimate of drug-likeness (QED) is 0.625. The van der Waals surface area contributed by atoms with Gasteiger partial charge in [-0.15, -0.1) is 0 Å². The van der Waals surface area contributed by atoms with Gasteiger partial charge in [0.1, 0.15) is 0 Å². The summed E-state index contributed by atoms with van der Waals surface area (Å²) in [7, 11) is 1.75. The Morgan fingerprint density at radius 3 is 2.67 bits per heavy atom. The van der Waals surface area contributed by atoms with E-state index in [4.69, 9.17) is 14.6 Å². The summed E-state index contributed by atoms with van der Waals surface area (Å²) in [4.78, 5) is 0. The minimum absolute atomic E-state index is 0.182. The first-order valence-electron chi connectivity index (χ1n) is 7.25. The highest BCUT2D eigenvalue weighted by atomic mass is 16.5. The predicted octanol–water partition coefficient (Wildman–Crippen LogP) is 1.57. The third-order valence-electron chi connectivity index (χ3n) is 3.81. The van der Waals surface area contributed by atoms with Crippen LogP contribution in [0.15, 0.2) is 0 Å². The van der Waals surface area contributed by atoms with Gasteiger partial charge in [-0.25, -0.2) is 0 Å². The van der Waals surface area contributed by atoms with Gasteiger partial charge in [0.25, 0.3) is 0 Å². The number of hydrogen-bond donors (Lipinski definition) is 2. The standard InChI is InChI=1S/C14H29NO3/c1-4-6-11(7-8-16)10-15-12-9-13(18-5-2)14(12)17-3/h11-16H,4-10H2,1-3H3. The van der Waals surface area contributed by atoms with Crippen LogP contribution in [0.25, 0.3) is 0 Å². The number of rotatable bonds is 10. The van der Waals surface area contributed by atoms with E-state index in [2.05, 4.69) is 12.2 Å². The highest BCUT2D eigenvalue weighted by molar-refractivity contribution is 4.97. The molecular formula is C14H29NO3. The van der Waals surface area contributed by atoms with Gasteiger partial charge in [-0.3, -0.25) is 0 Å². The summed E-state index contributed by atoms with van der Waals surface area (Å²) in [5, 5.41) is 12.6. The van der Waals surface area contributed by atoms with Crippen LogP contribution in [0.2, 0.25) is 0 Å². The van der Waals surface area contributed by atoms with Gasteiger partial charge in [0.05, 0.1) is 12.2 Å². The molecular weight excluding hydrogens is 230 g/mol. The van der Waals surface area contributed by atoms with E-state index in [0.717, 1.165) is 26.0 Å². The van der Waals surface area contributed by atoms with Crippen LogP contribution in [-0.2, 0) is 9.47 Å². The second-order valence-corrected chi connectivity index (χ2v) is 5.11. The molecule has 2 N–H and O–H groups in total. The van der Waals surface area contributed by atoms with Crippen molar-refractivity contribution < 1.29 is 14.6 Å². The summed E-state index contributed by atoms with van der Waals surface area (Å²) in [6.07, 6.45) is 4.70. The molecule has 1 saturated carbocycles. The largest absolute Gasteiger partial charge is 0.396 e. The molecule has 0 saturated heterocycles. The van der Waals surface area contributed by atoms with Crippen LogP contribution in [0.1, 0.15) is 39.5 Å². The smallest absolute Gasteiger partial charge is 0.0986 e. The lowest BCUT2D eigenvalue weighted by atomic mass is 9.84. The van der Waals surface area contributed by atoms with Crippen LogP contribution in [0.3, 0.4) is 0 Å².